The zero-order valence-electron chi connectivity index (χ0n) is 10.2. The number of carbonyl (C=O) groups is 1. The van der Waals surface area contributed by atoms with Gasteiger partial charge in [-0.05, 0) is 11.8 Å². The van der Waals surface area contributed by atoms with Crippen LogP contribution >= 0.6 is 0 Å². The summed E-state index contributed by atoms with van der Waals surface area (Å²) in [5.74, 6) is -1.03. The van der Waals surface area contributed by atoms with Crippen LogP contribution in [0, 0.1) is 27.2 Å². The molecule has 104 valence electrons. The summed E-state index contributed by atoms with van der Waals surface area (Å²) >= 11 is 0. The van der Waals surface area contributed by atoms with Crippen molar-refractivity contribution >= 4 is 17.4 Å². The van der Waals surface area contributed by atoms with E-state index in [1.807, 2.05) is 0 Å². The molecule has 0 aliphatic rings. The van der Waals surface area contributed by atoms with Crippen LogP contribution in [-0.2, 0) is 6.54 Å². The Morgan fingerprint density at radius 1 is 1.35 bits per heavy atom. The standard InChI is InChI=1S/C9H8N6O5/c1-6-2-8(15(19)20)11-13(6)9(16)5-12-4-7(3-10-12)14(17)18/h2-4H,5H2,1H3. The van der Waals surface area contributed by atoms with E-state index >= 15 is 0 Å². The van der Waals surface area contributed by atoms with Crippen molar-refractivity contribution in [3.8, 4) is 0 Å². The van der Waals surface area contributed by atoms with Crippen LogP contribution in [0.3, 0.4) is 0 Å². The number of rotatable bonds is 4. The van der Waals surface area contributed by atoms with Crippen LogP contribution < -0.4 is 0 Å². The van der Waals surface area contributed by atoms with Crippen molar-refractivity contribution in [1.82, 2.24) is 19.6 Å². The Bertz CT molecular complexity index is 702. The van der Waals surface area contributed by atoms with Crippen LogP contribution in [0.2, 0.25) is 0 Å². The molecular weight excluding hydrogens is 272 g/mol. The summed E-state index contributed by atoms with van der Waals surface area (Å²) in [4.78, 5) is 31.6. The number of carbonyl (C=O) groups excluding carboxylic acids is 1. The van der Waals surface area contributed by atoms with E-state index in [1.54, 1.807) is 0 Å². The van der Waals surface area contributed by atoms with Gasteiger partial charge in [-0.3, -0.25) is 19.6 Å². The second-order valence-electron chi connectivity index (χ2n) is 3.86. The molecule has 0 N–H and O–H groups in total. The highest BCUT2D eigenvalue weighted by molar-refractivity contribution is 5.78. The van der Waals surface area contributed by atoms with Crippen LogP contribution in [0.15, 0.2) is 18.5 Å². The normalized spacial score (nSPS) is 10.4. The molecule has 11 heteroatoms. The van der Waals surface area contributed by atoms with Crippen LogP contribution in [0.5, 0.6) is 0 Å². The minimum absolute atomic E-state index is 0.249. The maximum Gasteiger partial charge on any atom is 0.390 e. The highest BCUT2D eigenvalue weighted by atomic mass is 16.6. The molecule has 2 heterocycles. The Labute approximate surface area is 110 Å². The topological polar surface area (TPSA) is 139 Å². The molecule has 20 heavy (non-hydrogen) atoms. The van der Waals surface area contributed by atoms with Gasteiger partial charge in [-0.25, -0.2) is 0 Å². The molecule has 0 amide bonds. The lowest BCUT2D eigenvalue weighted by Crippen LogP contribution is -2.20. The van der Waals surface area contributed by atoms with Gasteiger partial charge in [-0.2, -0.15) is 5.10 Å². The van der Waals surface area contributed by atoms with E-state index in [-0.39, 0.29) is 12.2 Å². The van der Waals surface area contributed by atoms with Gasteiger partial charge in [-0.1, -0.05) is 0 Å². The van der Waals surface area contributed by atoms with Crippen molar-refractivity contribution in [2.75, 3.05) is 0 Å². The Morgan fingerprint density at radius 2 is 2.05 bits per heavy atom. The molecule has 0 bridgehead atoms. The number of hydrogen-bond donors (Lipinski definition) is 0. The van der Waals surface area contributed by atoms with E-state index in [0.29, 0.717) is 5.69 Å². The molecule has 0 radical (unpaired) electrons. The van der Waals surface area contributed by atoms with Crippen molar-refractivity contribution in [2.45, 2.75) is 13.5 Å². The molecule has 0 aromatic carbocycles. The maximum absolute atomic E-state index is 11.9. The minimum atomic E-state index is -0.713. The van der Waals surface area contributed by atoms with Crippen LogP contribution in [0.4, 0.5) is 11.5 Å². The van der Waals surface area contributed by atoms with Crippen molar-refractivity contribution in [3.63, 3.8) is 0 Å². The third kappa shape index (κ3) is 2.50. The molecule has 0 saturated heterocycles. The largest absolute Gasteiger partial charge is 0.390 e. The Balaban J connectivity index is 2.19. The first kappa shape index (κ1) is 13.3. The van der Waals surface area contributed by atoms with Crippen LogP contribution in [0.1, 0.15) is 10.5 Å². The van der Waals surface area contributed by atoms with Gasteiger partial charge in [0, 0.05) is 0 Å². The number of nitrogens with zero attached hydrogens (tertiary/aromatic N) is 6. The monoisotopic (exact) mass is 280 g/mol. The summed E-state index contributed by atoms with van der Waals surface area (Å²) in [5, 5.41) is 28.2. The minimum Gasteiger partial charge on any atom is -0.358 e. The first-order valence-corrected chi connectivity index (χ1v) is 5.29. The number of hydrogen-bond acceptors (Lipinski definition) is 7. The van der Waals surface area contributed by atoms with Crippen molar-refractivity contribution in [1.29, 1.82) is 0 Å². The zero-order valence-corrected chi connectivity index (χ0v) is 10.2. The fourth-order valence-electron chi connectivity index (χ4n) is 1.54. The lowest BCUT2D eigenvalue weighted by molar-refractivity contribution is -0.389. The van der Waals surface area contributed by atoms with E-state index in [2.05, 4.69) is 10.2 Å². The summed E-state index contributed by atoms with van der Waals surface area (Å²) in [6.45, 7) is 1.18. The van der Waals surface area contributed by atoms with Gasteiger partial charge in [-0.15, -0.1) is 4.68 Å². The number of nitro groups is 2. The SMILES string of the molecule is Cc1cc([N+](=O)[O-])nn1C(=O)Cn1cc([N+](=O)[O-])cn1. The summed E-state index contributed by atoms with van der Waals surface area (Å²) < 4.78 is 1.93. The average Bonchev–Trinajstić information content (AvgIpc) is 2.95. The molecule has 0 saturated carbocycles. The highest BCUT2D eigenvalue weighted by Gasteiger charge is 2.21. The third-order valence-electron chi connectivity index (χ3n) is 2.43. The van der Waals surface area contributed by atoms with Gasteiger partial charge >= 0.3 is 11.5 Å². The van der Waals surface area contributed by atoms with E-state index in [1.165, 1.54) is 6.92 Å². The Kier molecular flexibility index (Phi) is 3.25. The van der Waals surface area contributed by atoms with E-state index < -0.39 is 21.6 Å². The second kappa shape index (κ2) is 4.87. The molecule has 2 aromatic rings. The fourth-order valence-corrected chi connectivity index (χ4v) is 1.54. The smallest absolute Gasteiger partial charge is 0.358 e. The molecule has 0 unspecified atom stereocenters. The van der Waals surface area contributed by atoms with Gasteiger partial charge in [0.2, 0.25) is 0 Å². The third-order valence-corrected chi connectivity index (χ3v) is 2.43. The van der Waals surface area contributed by atoms with Gasteiger partial charge in [0.25, 0.3) is 5.91 Å². The average molecular weight is 280 g/mol. The molecule has 2 aromatic heterocycles. The van der Waals surface area contributed by atoms with Gasteiger partial charge in [0.05, 0.1) is 21.8 Å². The summed E-state index contributed by atoms with van der Waals surface area (Å²) in [5.41, 5.74) is 0.0457. The molecule has 0 aliphatic carbocycles. The summed E-state index contributed by atoms with van der Waals surface area (Å²) in [6.07, 6.45) is 2.09. The molecule has 2 rings (SSSR count). The van der Waals surface area contributed by atoms with Gasteiger partial charge < -0.3 is 10.1 Å². The van der Waals surface area contributed by atoms with Crippen molar-refractivity contribution in [2.24, 2.45) is 0 Å². The molecule has 0 fully saturated rings. The van der Waals surface area contributed by atoms with Crippen molar-refractivity contribution < 1.29 is 14.6 Å². The van der Waals surface area contributed by atoms with Crippen LogP contribution in [-0.4, -0.2) is 35.3 Å². The lowest BCUT2D eigenvalue weighted by atomic mass is 10.4. The summed E-state index contributed by atoms with van der Waals surface area (Å²) in [7, 11) is 0. The molecule has 0 aliphatic heterocycles. The van der Waals surface area contributed by atoms with Crippen molar-refractivity contribution in [3.05, 3.63) is 44.4 Å². The predicted molar refractivity (Wildman–Crippen MR) is 63.1 cm³/mol. The molecule has 0 atom stereocenters. The fraction of sp³-hybridized carbons (Fsp3) is 0.222. The van der Waals surface area contributed by atoms with E-state index in [4.69, 9.17) is 0 Å². The molecule has 0 spiro atoms. The lowest BCUT2D eigenvalue weighted by Gasteiger charge is -1.98. The van der Waals surface area contributed by atoms with E-state index in [0.717, 1.165) is 27.8 Å². The quantitative estimate of drug-likeness (QED) is 0.588. The van der Waals surface area contributed by atoms with Gasteiger partial charge in [0.1, 0.15) is 18.9 Å². The number of aryl methyl sites for hydroxylation is 1. The first-order chi connectivity index (χ1) is 9.38. The Morgan fingerprint density at radius 3 is 2.55 bits per heavy atom. The van der Waals surface area contributed by atoms with E-state index in [9.17, 15) is 25.0 Å². The number of aromatic nitrogens is 4. The zero-order chi connectivity index (χ0) is 14.9. The molecule has 11 nitrogen and oxygen atoms in total. The summed E-state index contributed by atoms with van der Waals surface area (Å²) in [6, 6.07) is 1.16. The second-order valence-corrected chi connectivity index (χ2v) is 3.86. The maximum atomic E-state index is 11.9. The highest BCUT2D eigenvalue weighted by Crippen LogP contribution is 2.12. The predicted octanol–water partition coefficient (Wildman–Crippen LogP) is 0.545. The Hall–Kier alpha value is -3.11. The van der Waals surface area contributed by atoms with Gasteiger partial charge in [0.15, 0.2) is 0 Å². The van der Waals surface area contributed by atoms with Crippen LogP contribution in [0.25, 0.3) is 0 Å². The molecular formula is C9H8N6O5. The first-order valence-electron chi connectivity index (χ1n) is 5.29.